The van der Waals surface area contributed by atoms with Crippen molar-refractivity contribution in [2.24, 2.45) is 0 Å². The second-order valence-corrected chi connectivity index (χ2v) is 7.42. The van der Waals surface area contributed by atoms with Gasteiger partial charge in [0.1, 0.15) is 22.7 Å². The second kappa shape index (κ2) is 7.23. The van der Waals surface area contributed by atoms with Crippen molar-refractivity contribution in [2.45, 2.75) is 46.1 Å². The topological polar surface area (TPSA) is 98.0 Å². The highest BCUT2D eigenvalue weighted by Crippen LogP contribution is 2.43. The quantitative estimate of drug-likeness (QED) is 0.776. The molecule has 0 radical (unpaired) electrons. The molecule has 0 unspecified atom stereocenters. The van der Waals surface area contributed by atoms with Crippen LogP contribution in [0.25, 0.3) is 11.0 Å². The van der Waals surface area contributed by atoms with Crippen LogP contribution < -0.4 is 20.4 Å². The zero-order chi connectivity index (χ0) is 19.8. The molecule has 27 heavy (non-hydrogen) atoms. The van der Waals surface area contributed by atoms with Gasteiger partial charge >= 0.3 is 5.63 Å². The van der Waals surface area contributed by atoms with Crippen molar-refractivity contribution in [2.75, 3.05) is 19.8 Å². The first-order valence-corrected chi connectivity index (χ1v) is 9.03. The Kier molecular flexibility index (Phi) is 5.15. The van der Waals surface area contributed by atoms with E-state index in [0.29, 0.717) is 28.0 Å². The number of rotatable bonds is 5. The maximum Gasteiger partial charge on any atom is 0.339 e. The van der Waals surface area contributed by atoms with E-state index in [1.807, 2.05) is 20.8 Å². The summed E-state index contributed by atoms with van der Waals surface area (Å²) >= 11 is 0. The Balaban J connectivity index is 2.10. The number of fused-ring (bicyclic) bond motifs is 3. The number of aliphatic hydroxyl groups excluding tert-OH is 1. The largest absolute Gasteiger partial charge is 0.487 e. The SMILES string of the molecule is Cc1c(C)c2c(OCC(=O)NCCO)cc3c(c2oc1=O)CCC(C)(C)O3. The van der Waals surface area contributed by atoms with Crippen LogP contribution in [0.1, 0.15) is 37.0 Å². The fourth-order valence-corrected chi connectivity index (χ4v) is 3.24. The Labute approximate surface area is 157 Å². The summed E-state index contributed by atoms with van der Waals surface area (Å²) in [5.74, 6) is 0.698. The Morgan fingerprint density at radius 1 is 1.33 bits per heavy atom. The van der Waals surface area contributed by atoms with Crippen molar-refractivity contribution in [3.05, 3.63) is 33.2 Å². The van der Waals surface area contributed by atoms with Gasteiger partial charge in [0.25, 0.3) is 5.91 Å². The molecule has 1 aromatic heterocycles. The third-order valence-corrected chi connectivity index (χ3v) is 4.90. The molecule has 0 aliphatic carbocycles. The summed E-state index contributed by atoms with van der Waals surface area (Å²) in [7, 11) is 0. The van der Waals surface area contributed by atoms with E-state index in [4.69, 9.17) is 19.0 Å². The second-order valence-electron chi connectivity index (χ2n) is 7.42. The molecule has 0 fully saturated rings. The van der Waals surface area contributed by atoms with Crippen molar-refractivity contribution in [1.29, 1.82) is 0 Å². The highest BCUT2D eigenvalue weighted by Gasteiger charge is 2.31. The van der Waals surface area contributed by atoms with E-state index < -0.39 is 0 Å². The molecule has 0 saturated heterocycles. The first-order valence-electron chi connectivity index (χ1n) is 9.03. The van der Waals surface area contributed by atoms with Crippen molar-refractivity contribution in [3.63, 3.8) is 0 Å². The van der Waals surface area contributed by atoms with Gasteiger partial charge in [-0.15, -0.1) is 0 Å². The van der Waals surface area contributed by atoms with Crippen molar-refractivity contribution in [1.82, 2.24) is 5.32 Å². The van der Waals surface area contributed by atoms with Gasteiger partial charge in [0.2, 0.25) is 0 Å². The van der Waals surface area contributed by atoms with Gasteiger partial charge in [0.15, 0.2) is 6.61 Å². The summed E-state index contributed by atoms with van der Waals surface area (Å²) in [4.78, 5) is 24.1. The van der Waals surface area contributed by atoms with Gasteiger partial charge in [0, 0.05) is 23.7 Å². The molecule has 1 aliphatic heterocycles. The van der Waals surface area contributed by atoms with Crippen LogP contribution >= 0.6 is 0 Å². The highest BCUT2D eigenvalue weighted by molar-refractivity contribution is 5.92. The number of benzene rings is 1. The summed E-state index contributed by atoms with van der Waals surface area (Å²) in [5, 5.41) is 12.0. The molecule has 0 spiro atoms. The van der Waals surface area contributed by atoms with E-state index in [2.05, 4.69) is 5.32 Å². The van der Waals surface area contributed by atoms with Crippen molar-refractivity contribution in [3.8, 4) is 11.5 Å². The Morgan fingerprint density at radius 3 is 2.78 bits per heavy atom. The van der Waals surface area contributed by atoms with E-state index in [-0.39, 0.29) is 36.9 Å². The zero-order valence-corrected chi connectivity index (χ0v) is 16.1. The van der Waals surface area contributed by atoms with Crippen molar-refractivity contribution >= 4 is 16.9 Å². The predicted molar refractivity (Wildman–Crippen MR) is 101 cm³/mol. The molecule has 0 saturated carbocycles. The average Bonchev–Trinajstić information content (AvgIpc) is 2.61. The van der Waals surface area contributed by atoms with Gasteiger partial charge in [0.05, 0.1) is 12.0 Å². The molecule has 1 aliphatic rings. The number of nitrogens with one attached hydrogen (secondary N) is 1. The van der Waals surface area contributed by atoms with Gasteiger partial charge < -0.3 is 24.3 Å². The number of hydrogen-bond donors (Lipinski definition) is 2. The maximum absolute atomic E-state index is 12.2. The zero-order valence-electron chi connectivity index (χ0n) is 16.1. The number of carbonyl (C=O) groups is 1. The molecule has 1 aromatic carbocycles. The Hall–Kier alpha value is -2.54. The smallest absolute Gasteiger partial charge is 0.339 e. The van der Waals surface area contributed by atoms with Crippen LogP contribution in [0, 0.1) is 13.8 Å². The lowest BCUT2D eigenvalue weighted by Gasteiger charge is -2.33. The Bertz CT molecular complexity index is 944. The minimum Gasteiger partial charge on any atom is -0.487 e. The van der Waals surface area contributed by atoms with Gasteiger partial charge in [-0.05, 0) is 46.1 Å². The lowest BCUT2D eigenvalue weighted by Crippen LogP contribution is -2.33. The molecule has 146 valence electrons. The Morgan fingerprint density at radius 2 is 2.07 bits per heavy atom. The van der Waals surface area contributed by atoms with Crippen molar-refractivity contribution < 1.29 is 23.8 Å². The molecule has 7 heteroatoms. The number of aliphatic hydroxyl groups is 1. The average molecular weight is 375 g/mol. The summed E-state index contributed by atoms with van der Waals surface area (Å²) in [6.07, 6.45) is 1.52. The highest BCUT2D eigenvalue weighted by atomic mass is 16.5. The predicted octanol–water partition coefficient (Wildman–Crippen LogP) is 2.00. The van der Waals surface area contributed by atoms with E-state index in [9.17, 15) is 9.59 Å². The van der Waals surface area contributed by atoms with E-state index >= 15 is 0 Å². The number of ether oxygens (including phenoxy) is 2. The van der Waals surface area contributed by atoms with Gasteiger partial charge in [-0.1, -0.05) is 0 Å². The van der Waals surface area contributed by atoms with E-state index in [0.717, 1.165) is 24.0 Å². The lowest BCUT2D eigenvalue weighted by molar-refractivity contribution is -0.123. The first kappa shape index (κ1) is 19.2. The summed E-state index contributed by atoms with van der Waals surface area (Å²) < 4.78 is 17.4. The maximum atomic E-state index is 12.2. The van der Waals surface area contributed by atoms with Crippen LogP contribution in [0.2, 0.25) is 0 Å². The molecule has 1 amide bonds. The molecule has 0 atom stereocenters. The molecular weight excluding hydrogens is 350 g/mol. The minimum atomic E-state index is -0.384. The summed E-state index contributed by atoms with van der Waals surface area (Å²) in [6, 6.07) is 1.77. The van der Waals surface area contributed by atoms with Crippen LogP contribution in [0.3, 0.4) is 0 Å². The standard InChI is InChI=1S/C20H25NO6/c1-11-12(2)19(24)26-18-13-5-6-20(3,4)27-14(13)9-15(17(11)18)25-10-16(23)21-7-8-22/h9,22H,5-8,10H2,1-4H3,(H,21,23). The normalized spacial score (nSPS) is 15.1. The van der Waals surface area contributed by atoms with E-state index in [1.165, 1.54) is 0 Å². The molecule has 3 rings (SSSR count). The summed E-state index contributed by atoms with van der Waals surface area (Å²) in [5.41, 5.74) is 1.86. The van der Waals surface area contributed by atoms with Crippen LogP contribution in [-0.2, 0) is 11.2 Å². The van der Waals surface area contributed by atoms with Crippen LogP contribution in [0.4, 0.5) is 0 Å². The van der Waals surface area contributed by atoms with Crippen LogP contribution in [-0.4, -0.2) is 36.4 Å². The fourth-order valence-electron chi connectivity index (χ4n) is 3.24. The molecule has 2 aromatic rings. The summed E-state index contributed by atoms with van der Waals surface area (Å²) in [6.45, 7) is 7.36. The third-order valence-electron chi connectivity index (χ3n) is 4.90. The van der Waals surface area contributed by atoms with Gasteiger partial charge in [-0.25, -0.2) is 4.79 Å². The monoisotopic (exact) mass is 375 g/mol. The fraction of sp³-hybridized carbons (Fsp3) is 0.500. The van der Waals surface area contributed by atoms with Gasteiger partial charge in [-0.2, -0.15) is 0 Å². The molecule has 0 bridgehead atoms. The number of carbonyl (C=O) groups excluding carboxylic acids is 1. The van der Waals surface area contributed by atoms with Crippen LogP contribution in [0.5, 0.6) is 11.5 Å². The number of amides is 1. The van der Waals surface area contributed by atoms with Crippen LogP contribution in [0.15, 0.2) is 15.3 Å². The number of aryl methyl sites for hydroxylation is 2. The minimum absolute atomic E-state index is 0.139. The first-order chi connectivity index (χ1) is 12.7. The molecule has 7 nitrogen and oxygen atoms in total. The molecule has 2 N–H and O–H groups in total. The molecular formula is C20H25NO6. The molecule has 2 heterocycles. The van der Waals surface area contributed by atoms with E-state index in [1.54, 1.807) is 13.0 Å². The van der Waals surface area contributed by atoms with Gasteiger partial charge in [-0.3, -0.25) is 4.79 Å². The number of hydrogen-bond acceptors (Lipinski definition) is 6. The lowest BCUT2D eigenvalue weighted by atomic mass is 9.92. The third kappa shape index (κ3) is 3.78.